The standard InChI is InChI=1S/C24H16N2O2S3/c27-22(15-29-24-25-23(28)21(31-24)14-16-8-2-1-3-9-16)26-17-10-4-6-12-19(17)30-20-13-7-5-11-18(20)26/h1-14H,15H2/b21-14+. The molecule has 152 valence electrons. The highest BCUT2D eigenvalue weighted by molar-refractivity contribution is 8.41. The first-order chi connectivity index (χ1) is 15.2. The number of carbonyl (C=O) groups excluding carboxylic acids is 2. The molecule has 0 spiro atoms. The van der Waals surface area contributed by atoms with E-state index in [2.05, 4.69) is 4.99 Å². The Morgan fingerprint density at radius 2 is 1.48 bits per heavy atom. The van der Waals surface area contributed by atoms with Crippen molar-refractivity contribution in [2.45, 2.75) is 9.79 Å². The summed E-state index contributed by atoms with van der Waals surface area (Å²) in [5, 5.41) is 0. The zero-order valence-electron chi connectivity index (χ0n) is 16.2. The molecule has 0 fully saturated rings. The highest BCUT2D eigenvalue weighted by atomic mass is 32.2. The van der Waals surface area contributed by atoms with E-state index in [9.17, 15) is 9.59 Å². The zero-order valence-corrected chi connectivity index (χ0v) is 18.7. The lowest BCUT2D eigenvalue weighted by Crippen LogP contribution is -2.30. The minimum absolute atomic E-state index is 0.0403. The van der Waals surface area contributed by atoms with Gasteiger partial charge in [0.1, 0.15) is 4.38 Å². The maximum Gasteiger partial charge on any atom is 0.285 e. The van der Waals surface area contributed by atoms with Crippen LogP contribution in [-0.4, -0.2) is 21.9 Å². The Bertz CT molecular complexity index is 1190. The molecule has 0 aromatic heterocycles. The monoisotopic (exact) mass is 460 g/mol. The lowest BCUT2D eigenvalue weighted by Gasteiger charge is -2.30. The third-order valence-electron chi connectivity index (χ3n) is 4.70. The molecule has 0 atom stereocenters. The molecule has 31 heavy (non-hydrogen) atoms. The molecule has 0 saturated heterocycles. The Hall–Kier alpha value is -2.74. The number of fused-ring (bicyclic) bond motifs is 2. The number of anilines is 2. The summed E-state index contributed by atoms with van der Waals surface area (Å²) in [6.07, 6.45) is 1.83. The maximum absolute atomic E-state index is 13.3. The molecular weight excluding hydrogens is 444 g/mol. The molecular formula is C24H16N2O2S3. The van der Waals surface area contributed by atoms with Crippen LogP contribution in [0.5, 0.6) is 0 Å². The van der Waals surface area contributed by atoms with Crippen LogP contribution in [0.25, 0.3) is 6.08 Å². The largest absolute Gasteiger partial charge is 0.285 e. The summed E-state index contributed by atoms with van der Waals surface area (Å²) in [5.41, 5.74) is 2.73. The Morgan fingerprint density at radius 3 is 2.16 bits per heavy atom. The number of carbonyl (C=O) groups is 2. The van der Waals surface area contributed by atoms with Crippen LogP contribution >= 0.6 is 35.3 Å². The molecule has 7 heteroatoms. The lowest BCUT2D eigenvalue weighted by atomic mass is 10.2. The summed E-state index contributed by atoms with van der Waals surface area (Å²) in [4.78, 5) is 34.1. The van der Waals surface area contributed by atoms with Gasteiger partial charge in [0, 0.05) is 9.79 Å². The molecule has 2 aliphatic heterocycles. The van der Waals surface area contributed by atoms with E-state index < -0.39 is 0 Å². The first-order valence-corrected chi connectivity index (χ1v) is 12.2. The van der Waals surface area contributed by atoms with E-state index in [4.69, 9.17) is 0 Å². The van der Waals surface area contributed by atoms with E-state index in [0.29, 0.717) is 9.28 Å². The van der Waals surface area contributed by atoms with E-state index in [0.717, 1.165) is 26.7 Å². The topological polar surface area (TPSA) is 49.7 Å². The van der Waals surface area contributed by atoms with Gasteiger partial charge in [-0.25, -0.2) is 0 Å². The van der Waals surface area contributed by atoms with Gasteiger partial charge in [-0.2, -0.15) is 4.99 Å². The number of aliphatic imine (C=N–C) groups is 1. The summed E-state index contributed by atoms with van der Waals surface area (Å²) in [7, 11) is 0. The maximum atomic E-state index is 13.3. The number of para-hydroxylation sites is 2. The second-order valence-corrected chi connectivity index (χ2v) is 10.1. The fraction of sp³-hybridized carbons (Fsp3) is 0.0417. The number of hydrogen-bond acceptors (Lipinski definition) is 5. The van der Waals surface area contributed by atoms with Crippen molar-refractivity contribution < 1.29 is 9.59 Å². The van der Waals surface area contributed by atoms with Gasteiger partial charge in [-0.05, 0) is 35.9 Å². The van der Waals surface area contributed by atoms with Gasteiger partial charge in [-0.3, -0.25) is 14.5 Å². The molecule has 0 saturated carbocycles. The van der Waals surface area contributed by atoms with E-state index in [1.807, 2.05) is 84.9 Å². The van der Waals surface area contributed by atoms with Crippen LogP contribution in [0.4, 0.5) is 11.4 Å². The molecule has 0 radical (unpaired) electrons. The number of benzene rings is 3. The van der Waals surface area contributed by atoms with E-state index in [1.165, 1.54) is 23.5 Å². The minimum atomic E-state index is -0.256. The van der Waals surface area contributed by atoms with Crippen molar-refractivity contribution in [2.75, 3.05) is 10.7 Å². The Kier molecular flexibility index (Phi) is 5.72. The lowest BCUT2D eigenvalue weighted by molar-refractivity contribution is -0.115. The van der Waals surface area contributed by atoms with Gasteiger partial charge < -0.3 is 0 Å². The molecule has 2 amide bonds. The molecule has 5 rings (SSSR count). The normalized spacial score (nSPS) is 16.1. The third-order valence-corrected chi connectivity index (χ3v) is 7.94. The van der Waals surface area contributed by atoms with Crippen LogP contribution in [0.1, 0.15) is 5.56 Å². The van der Waals surface area contributed by atoms with Gasteiger partial charge in [0.25, 0.3) is 5.91 Å². The molecule has 3 aromatic rings. The Balaban J connectivity index is 1.32. The van der Waals surface area contributed by atoms with Crippen molar-refractivity contribution in [2.24, 2.45) is 4.99 Å². The molecule has 0 aliphatic carbocycles. The predicted octanol–water partition coefficient (Wildman–Crippen LogP) is 6.22. The zero-order chi connectivity index (χ0) is 21.2. The average molecular weight is 461 g/mol. The van der Waals surface area contributed by atoms with Crippen molar-refractivity contribution in [1.29, 1.82) is 0 Å². The van der Waals surface area contributed by atoms with E-state index in [-0.39, 0.29) is 17.6 Å². The second kappa shape index (κ2) is 8.78. The minimum Gasteiger partial charge on any atom is -0.278 e. The van der Waals surface area contributed by atoms with Crippen LogP contribution in [-0.2, 0) is 9.59 Å². The van der Waals surface area contributed by atoms with Crippen molar-refractivity contribution in [3.63, 3.8) is 0 Å². The molecule has 0 unspecified atom stereocenters. The SMILES string of the molecule is O=C1N=C(SCC(=O)N2c3ccccc3Sc3ccccc32)S/C1=C/c1ccccc1. The van der Waals surface area contributed by atoms with Crippen molar-refractivity contribution in [1.82, 2.24) is 0 Å². The quantitative estimate of drug-likeness (QED) is 0.434. The number of amides is 2. The fourth-order valence-electron chi connectivity index (χ4n) is 3.31. The highest BCUT2D eigenvalue weighted by Crippen LogP contribution is 2.48. The van der Waals surface area contributed by atoms with Crippen molar-refractivity contribution in [3.8, 4) is 0 Å². The predicted molar refractivity (Wildman–Crippen MR) is 131 cm³/mol. The van der Waals surface area contributed by atoms with Crippen LogP contribution in [0, 0.1) is 0 Å². The van der Waals surface area contributed by atoms with Crippen LogP contribution < -0.4 is 4.90 Å². The van der Waals surface area contributed by atoms with Gasteiger partial charge in [-0.15, -0.1) is 0 Å². The first kappa shape index (κ1) is 20.2. The van der Waals surface area contributed by atoms with Gasteiger partial charge >= 0.3 is 0 Å². The summed E-state index contributed by atoms with van der Waals surface area (Å²) < 4.78 is 0.605. The number of thioether (sulfide) groups is 2. The molecule has 0 N–H and O–H groups in total. The summed E-state index contributed by atoms with van der Waals surface area (Å²) in [6.45, 7) is 0. The molecule has 4 nitrogen and oxygen atoms in total. The van der Waals surface area contributed by atoms with Crippen molar-refractivity contribution in [3.05, 3.63) is 89.3 Å². The second-order valence-electron chi connectivity index (χ2n) is 6.76. The molecule has 2 aliphatic rings. The van der Waals surface area contributed by atoms with Gasteiger partial charge in [-0.1, -0.05) is 89.9 Å². The molecule has 0 bridgehead atoms. The first-order valence-electron chi connectivity index (χ1n) is 9.58. The van der Waals surface area contributed by atoms with Crippen molar-refractivity contribution >= 4 is 68.9 Å². The van der Waals surface area contributed by atoms with Gasteiger partial charge in [0.2, 0.25) is 5.91 Å². The Labute approximate surface area is 192 Å². The van der Waals surface area contributed by atoms with Gasteiger partial charge in [0.15, 0.2) is 0 Å². The third kappa shape index (κ3) is 4.21. The van der Waals surface area contributed by atoms with E-state index in [1.54, 1.807) is 16.7 Å². The number of hydrogen-bond donors (Lipinski definition) is 0. The summed E-state index contributed by atoms with van der Waals surface area (Å²) in [6, 6.07) is 25.5. The highest BCUT2D eigenvalue weighted by Gasteiger charge is 2.29. The average Bonchev–Trinajstić information content (AvgIpc) is 3.15. The fourth-order valence-corrected chi connectivity index (χ4v) is 6.22. The van der Waals surface area contributed by atoms with Crippen LogP contribution in [0.3, 0.4) is 0 Å². The van der Waals surface area contributed by atoms with Crippen LogP contribution in [0.2, 0.25) is 0 Å². The smallest absolute Gasteiger partial charge is 0.278 e. The van der Waals surface area contributed by atoms with Crippen LogP contribution in [0.15, 0.2) is 98.6 Å². The summed E-state index contributed by atoms with van der Waals surface area (Å²) >= 11 is 4.30. The number of rotatable bonds is 3. The molecule has 3 aromatic carbocycles. The number of nitrogens with zero attached hydrogens (tertiary/aromatic N) is 2. The van der Waals surface area contributed by atoms with E-state index >= 15 is 0 Å². The Morgan fingerprint density at radius 1 is 0.871 bits per heavy atom. The van der Waals surface area contributed by atoms with Gasteiger partial charge in [0.05, 0.1) is 22.0 Å². The molecule has 2 heterocycles. The summed E-state index contributed by atoms with van der Waals surface area (Å²) in [5.74, 6) is -0.0965.